The second kappa shape index (κ2) is 4.89. The molecule has 0 saturated heterocycles. The van der Waals surface area contributed by atoms with Crippen molar-refractivity contribution in [3.63, 3.8) is 0 Å². The van der Waals surface area contributed by atoms with Gasteiger partial charge in [-0.15, -0.1) is 0 Å². The van der Waals surface area contributed by atoms with Gasteiger partial charge in [-0.2, -0.15) is 5.10 Å². The molecule has 0 saturated carbocycles. The molecule has 20 heavy (non-hydrogen) atoms. The van der Waals surface area contributed by atoms with Gasteiger partial charge in [-0.25, -0.2) is 4.68 Å². The van der Waals surface area contributed by atoms with E-state index in [1.807, 2.05) is 43.3 Å². The van der Waals surface area contributed by atoms with Gasteiger partial charge in [0, 0.05) is 11.1 Å². The number of rotatable bonds is 3. The smallest absolute Gasteiger partial charge is 0.131 e. The molecule has 2 aromatic heterocycles. The number of aryl methyl sites for hydroxylation is 1. The summed E-state index contributed by atoms with van der Waals surface area (Å²) in [5.41, 5.74) is 10.2. The van der Waals surface area contributed by atoms with E-state index in [0.29, 0.717) is 5.82 Å². The van der Waals surface area contributed by atoms with Crippen molar-refractivity contribution in [1.82, 2.24) is 9.78 Å². The molecule has 0 unspecified atom stereocenters. The zero-order valence-corrected chi connectivity index (χ0v) is 11.6. The van der Waals surface area contributed by atoms with Gasteiger partial charge in [0.1, 0.15) is 17.3 Å². The molecule has 3 rings (SSSR count). The zero-order valence-electron chi connectivity index (χ0n) is 11.6. The number of hydrogen-bond donors (Lipinski definition) is 1. The van der Waals surface area contributed by atoms with E-state index in [0.717, 1.165) is 34.7 Å². The molecule has 3 aromatic rings. The van der Waals surface area contributed by atoms with Crippen molar-refractivity contribution >= 4 is 5.82 Å². The van der Waals surface area contributed by atoms with Crippen molar-refractivity contribution < 1.29 is 4.42 Å². The Morgan fingerprint density at radius 3 is 2.55 bits per heavy atom. The van der Waals surface area contributed by atoms with E-state index in [-0.39, 0.29) is 0 Å². The van der Waals surface area contributed by atoms with Crippen LogP contribution in [-0.2, 0) is 6.42 Å². The third-order valence-corrected chi connectivity index (χ3v) is 3.49. The van der Waals surface area contributed by atoms with Gasteiger partial charge in [-0.1, -0.05) is 25.1 Å². The molecular weight excluding hydrogens is 250 g/mol. The molecule has 4 heteroatoms. The molecule has 0 fully saturated rings. The topological polar surface area (TPSA) is 57.0 Å². The molecule has 0 atom stereocenters. The maximum atomic E-state index is 6.27. The summed E-state index contributed by atoms with van der Waals surface area (Å²) in [7, 11) is 0. The maximum absolute atomic E-state index is 6.27. The van der Waals surface area contributed by atoms with Crippen LogP contribution in [0.15, 0.2) is 47.1 Å². The second-order valence-corrected chi connectivity index (χ2v) is 4.70. The van der Waals surface area contributed by atoms with E-state index < -0.39 is 0 Å². The number of para-hydroxylation sites is 1. The van der Waals surface area contributed by atoms with Crippen LogP contribution in [0.1, 0.15) is 18.2 Å². The van der Waals surface area contributed by atoms with Crippen molar-refractivity contribution in [2.24, 2.45) is 0 Å². The van der Waals surface area contributed by atoms with Crippen molar-refractivity contribution in [2.75, 3.05) is 5.73 Å². The first-order chi connectivity index (χ1) is 9.72. The molecule has 0 amide bonds. The average molecular weight is 267 g/mol. The van der Waals surface area contributed by atoms with Crippen molar-refractivity contribution in [3.8, 4) is 16.9 Å². The maximum Gasteiger partial charge on any atom is 0.131 e. The van der Waals surface area contributed by atoms with Crippen LogP contribution >= 0.6 is 0 Å². The van der Waals surface area contributed by atoms with Gasteiger partial charge in [0.25, 0.3) is 0 Å². The van der Waals surface area contributed by atoms with Gasteiger partial charge < -0.3 is 10.2 Å². The second-order valence-electron chi connectivity index (χ2n) is 4.70. The molecular formula is C16H17N3O. The lowest BCUT2D eigenvalue weighted by molar-refractivity contribution is 0.535. The number of aromatic nitrogens is 2. The van der Waals surface area contributed by atoms with Crippen LogP contribution in [0.2, 0.25) is 0 Å². The number of benzene rings is 1. The van der Waals surface area contributed by atoms with E-state index in [1.54, 1.807) is 10.9 Å². The van der Waals surface area contributed by atoms with E-state index in [1.165, 1.54) is 0 Å². The zero-order chi connectivity index (χ0) is 14.1. The monoisotopic (exact) mass is 267 g/mol. The fourth-order valence-electron chi connectivity index (χ4n) is 2.43. The number of furan rings is 1. The van der Waals surface area contributed by atoms with Crippen LogP contribution in [0.3, 0.4) is 0 Å². The van der Waals surface area contributed by atoms with Gasteiger partial charge in [-0.05, 0) is 31.5 Å². The van der Waals surface area contributed by atoms with Crippen LogP contribution in [0.4, 0.5) is 5.82 Å². The molecule has 1 aromatic carbocycles. The summed E-state index contributed by atoms with van der Waals surface area (Å²) in [6.45, 7) is 4.02. The van der Waals surface area contributed by atoms with Crippen LogP contribution in [0, 0.1) is 6.92 Å². The summed E-state index contributed by atoms with van der Waals surface area (Å²) < 4.78 is 7.18. The fraction of sp³-hybridized carbons (Fsp3) is 0.188. The third-order valence-electron chi connectivity index (χ3n) is 3.49. The molecule has 0 spiro atoms. The lowest BCUT2D eigenvalue weighted by atomic mass is 10.1. The van der Waals surface area contributed by atoms with Crippen molar-refractivity contribution in [2.45, 2.75) is 20.3 Å². The summed E-state index contributed by atoms with van der Waals surface area (Å²) in [5.74, 6) is 1.55. The van der Waals surface area contributed by atoms with Gasteiger partial charge in [0.2, 0.25) is 0 Å². The Kier molecular flexibility index (Phi) is 3.06. The highest BCUT2D eigenvalue weighted by Crippen LogP contribution is 2.31. The lowest BCUT2D eigenvalue weighted by Gasteiger charge is -2.03. The standard InChI is InChI=1S/C16H17N3O/c1-3-13-15(14-9-10-20-11(14)2)18-19(16(13)17)12-7-5-4-6-8-12/h4-10H,3,17H2,1-2H3. The molecule has 0 radical (unpaired) electrons. The number of anilines is 1. The highest BCUT2D eigenvalue weighted by molar-refractivity contribution is 5.71. The Morgan fingerprint density at radius 1 is 1.20 bits per heavy atom. The molecule has 0 bridgehead atoms. The number of nitrogen functional groups attached to an aromatic ring is 1. The predicted octanol–water partition coefficient (Wildman–Crippen LogP) is 3.59. The van der Waals surface area contributed by atoms with Gasteiger partial charge in [-0.3, -0.25) is 0 Å². The summed E-state index contributed by atoms with van der Waals surface area (Å²) in [5, 5.41) is 4.69. The summed E-state index contributed by atoms with van der Waals surface area (Å²) in [6.07, 6.45) is 2.51. The molecule has 2 N–H and O–H groups in total. The Morgan fingerprint density at radius 2 is 1.95 bits per heavy atom. The van der Waals surface area contributed by atoms with Crippen molar-refractivity contribution in [1.29, 1.82) is 0 Å². The SMILES string of the molecule is CCc1c(-c2ccoc2C)nn(-c2ccccc2)c1N. The molecule has 2 heterocycles. The van der Waals surface area contributed by atoms with Crippen LogP contribution in [-0.4, -0.2) is 9.78 Å². The minimum absolute atomic E-state index is 0.689. The molecule has 102 valence electrons. The van der Waals surface area contributed by atoms with E-state index >= 15 is 0 Å². The molecule has 0 aliphatic rings. The van der Waals surface area contributed by atoms with E-state index in [9.17, 15) is 0 Å². The van der Waals surface area contributed by atoms with Crippen LogP contribution in [0.25, 0.3) is 16.9 Å². The van der Waals surface area contributed by atoms with E-state index in [2.05, 4.69) is 12.0 Å². The molecule has 4 nitrogen and oxygen atoms in total. The van der Waals surface area contributed by atoms with Gasteiger partial charge >= 0.3 is 0 Å². The van der Waals surface area contributed by atoms with Gasteiger partial charge in [0.05, 0.1) is 12.0 Å². The summed E-state index contributed by atoms with van der Waals surface area (Å²) >= 11 is 0. The number of nitrogens with two attached hydrogens (primary N) is 1. The Bertz CT molecular complexity index is 726. The lowest BCUT2D eigenvalue weighted by Crippen LogP contribution is -2.02. The Labute approximate surface area is 117 Å². The first kappa shape index (κ1) is 12.5. The summed E-state index contributed by atoms with van der Waals surface area (Å²) in [6, 6.07) is 11.9. The Balaban J connectivity index is 2.21. The number of hydrogen-bond acceptors (Lipinski definition) is 3. The first-order valence-electron chi connectivity index (χ1n) is 6.69. The Hall–Kier alpha value is -2.49. The van der Waals surface area contributed by atoms with Crippen molar-refractivity contribution in [3.05, 3.63) is 54.0 Å². The predicted molar refractivity (Wildman–Crippen MR) is 79.8 cm³/mol. The highest BCUT2D eigenvalue weighted by atomic mass is 16.3. The van der Waals surface area contributed by atoms with Crippen LogP contribution in [0.5, 0.6) is 0 Å². The fourth-order valence-corrected chi connectivity index (χ4v) is 2.43. The minimum atomic E-state index is 0.689. The summed E-state index contributed by atoms with van der Waals surface area (Å²) in [4.78, 5) is 0. The number of nitrogens with zero attached hydrogens (tertiary/aromatic N) is 2. The third kappa shape index (κ3) is 1.90. The highest BCUT2D eigenvalue weighted by Gasteiger charge is 2.19. The average Bonchev–Trinajstić information content (AvgIpc) is 3.03. The molecule has 0 aliphatic carbocycles. The van der Waals surface area contributed by atoms with Crippen LogP contribution < -0.4 is 5.73 Å². The minimum Gasteiger partial charge on any atom is -0.469 e. The van der Waals surface area contributed by atoms with Gasteiger partial charge in [0.15, 0.2) is 0 Å². The normalized spacial score (nSPS) is 10.9. The van der Waals surface area contributed by atoms with E-state index in [4.69, 9.17) is 10.2 Å². The quantitative estimate of drug-likeness (QED) is 0.789. The first-order valence-corrected chi connectivity index (χ1v) is 6.69. The molecule has 0 aliphatic heterocycles. The largest absolute Gasteiger partial charge is 0.469 e.